The zero-order chi connectivity index (χ0) is 27.7. The maximum absolute atomic E-state index is 13.0. The van der Waals surface area contributed by atoms with Gasteiger partial charge in [0.15, 0.2) is 11.5 Å². The van der Waals surface area contributed by atoms with Crippen LogP contribution in [0.15, 0.2) is 65.6 Å². The number of anilines is 3. The van der Waals surface area contributed by atoms with Gasteiger partial charge in [0.2, 0.25) is 15.9 Å². The summed E-state index contributed by atoms with van der Waals surface area (Å²) in [6.07, 6.45) is 1.00. The molecule has 0 radical (unpaired) electrons. The Bertz CT molecular complexity index is 1580. The van der Waals surface area contributed by atoms with E-state index in [4.69, 9.17) is 21.1 Å². The number of fused-ring (bicyclic) bond motifs is 1. The molecule has 0 saturated carbocycles. The van der Waals surface area contributed by atoms with E-state index in [1.54, 1.807) is 31.2 Å². The van der Waals surface area contributed by atoms with E-state index in [-0.39, 0.29) is 16.3 Å². The minimum absolute atomic E-state index is 0.0306. The summed E-state index contributed by atoms with van der Waals surface area (Å²) in [5.41, 5.74) is 1.46. The Morgan fingerprint density at radius 1 is 0.974 bits per heavy atom. The lowest BCUT2D eigenvalue weighted by molar-refractivity contribution is -0.116. The number of halogens is 1. The summed E-state index contributed by atoms with van der Waals surface area (Å²) in [4.78, 5) is 13.0. The van der Waals surface area contributed by atoms with E-state index in [2.05, 4.69) is 10.0 Å². The van der Waals surface area contributed by atoms with Gasteiger partial charge in [-0.1, -0.05) is 17.7 Å². The Morgan fingerprint density at radius 2 is 1.63 bits per heavy atom. The van der Waals surface area contributed by atoms with Crippen LogP contribution in [0.1, 0.15) is 12.5 Å². The smallest absolute Gasteiger partial charge is 0.261 e. The summed E-state index contributed by atoms with van der Waals surface area (Å²) in [6.45, 7) is 3.86. The largest absolute Gasteiger partial charge is 0.486 e. The minimum atomic E-state index is -3.92. The van der Waals surface area contributed by atoms with Gasteiger partial charge in [0, 0.05) is 16.8 Å². The van der Waals surface area contributed by atoms with E-state index < -0.39 is 32.0 Å². The fraction of sp³-hybridized carbons (Fsp3) is 0.240. The molecular formula is C25H26ClN3O7S2. The van der Waals surface area contributed by atoms with E-state index in [0.717, 1.165) is 10.6 Å². The summed E-state index contributed by atoms with van der Waals surface area (Å²) in [5, 5.41) is 3.07. The van der Waals surface area contributed by atoms with Crippen molar-refractivity contribution in [3.8, 4) is 11.5 Å². The van der Waals surface area contributed by atoms with Gasteiger partial charge in [-0.15, -0.1) is 0 Å². The maximum Gasteiger partial charge on any atom is 0.261 e. The van der Waals surface area contributed by atoms with Gasteiger partial charge in [-0.2, -0.15) is 0 Å². The molecule has 0 bridgehead atoms. The van der Waals surface area contributed by atoms with Crippen LogP contribution in [-0.2, 0) is 24.8 Å². The predicted octanol–water partition coefficient (Wildman–Crippen LogP) is 4.01. The number of carbonyl (C=O) groups excluding carboxylic acids is 1. The van der Waals surface area contributed by atoms with E-state index in [9.17, 15) is 21.6 Å². The number of carbonyl (C=O) groups is 1. The van der Waals surface area contributed by atoms with Crippen LogP contribution in [0.5, 0.6) is 11.5 Å². The number of ether oxygens (including phenoxy) is 2. The average molecular weight is 580 g/mol. The van der Waals surface area contributed by atoms with E-state index >= 15 is 0 Å². The Hall–Kier alpha value is -3.48. The maximum atomic E-state index is 13.0. The standard InChI is InChI=1S/C25H26ClN3O7S2/c1-16-21(26)5-4-6-22(16)28-38(33,34)20-10-7-18(8-11-20)27-25(30)17(2)29(37(3,31)32)19-9-12-23-24(15-19)36-14-13-35-23/h4-12,15,17,28H,13-14H2,1-3H3,(H,27,30)/t17-/m1/s1. The molecule has 0 spiro atoms. The molecule has 1 heterocycles. The van der Waals surface area contributed by atoms with Crippen LogP contribution in [0.4, 0.5) is 17.1 Å². The Balaban J connectivity index is 1.51. The molecule has 0 saturated heterocycles. The number of hydrogen-bond acceptors (Lipinski definition) is 7. The third kappa shape index (κ3) is 5.98. The lowest BCUT2D eigenvalue weighted by Crippen LogP contribution is -2.45. The first-order valence-electron chi connectivity index (χ1n) is 11.4. The lowest BCUT2D eigenvalue weighted by Gasteiger charge is -2.29. The zero-order valence-corrected chi connectivity index (χ0v) is 23.2. The van der Waals surface area contributed by atoms with Crippen molar-refractivity contribution in [3.63, 3.8) is 0 Å². The van der Waals surface area contributed by atoms with Gasteiger partial charge in [0.05, 0.1) is 22.5 Å². The second kappa shape index (κ2) is 10.7. The van der Waals surface area contributed by atoms with Gasteiger partial charge >= 0.3 is 0 Å². The zero-order valence-electron chi connectivity index (χ0n) is 20.8. The molecule has 1 atom stereocenters. The molecule has 1 aliphatic heterocycles. The molecule has 0 unspecified atom stereocenters. The van der Waals surface area contributed by atoms with Crippen LogP contribution in [0.2, 0.25) is 5.02 Å². The first kappa shape index (κ1) is 27.6. The van der Waals surface area contributed by atoms with E-state index in [1.807, 2.05) is 0 Å². The van der Waals surface area contributed by atoms with E-state index in [1.165, 1.54) is 43.3 Å². The van der Waals surface area contributed by atoms with Crippen molar-refractivity contribution in [2.45, 2.75) is 24.8 Å². The third-order valence-electron chi connectivity index (χ3n) is 5.81. The molecule has 3 aromatic rings. The highest BCUT2D eigenvalue weighted by atomic mass is 35.5. The topological polar surface area (TPSA) is 131 Å². The highest BCUT2D eigenvalue weighted by Gasteiger charge is 2.30. The molecule has 0 aliphatic carbocycles. The number of benzene rings is 3. The molecule has 1 amide bonds. The van der Waals surface area contributed by atoms with Crippen molar-refractivity contribution in [1.82, 2.24) is 0 Å². The number of nitrogens with one attached hydrogen (secondary N) is 2. The Morgan fingerprint density at radius 3 is 2.29 bits per heavy atom. The molecule has 3 aromatic carbocycles. The summed E-state index contributed by atoms with van der Waals surface area (Å²) in [5.74, 6) is 0.252. The van der Waals surface area contributed by atoms with Crippen LogP contribution in [0.3, 0.4) is 0 Å². The first-order valence-corrected chi connectivity index (χ1v) is 15.2. The molecule has 13 heteroatoms. The van der Waals surface area contributed by atoms with Crippen molar-refractivity contribution >= 4 is 54.6 Å². The fourth-order valence-electron chi connectivity index (χ4n) is 3.86. The minimum Gasteiger partial charge on any atom is -0.486 e. The van der Waals surface area contributed by atoms with Crippen LogP contribution in [0, 0.1) is 6.92 Å². The summed E-state index contributed by atoms with van der Waals surface area (Å²) >= 11 is 6.08. The highest BCUT2D eigenvalue weighted by Crippen LogP contribution is 2.35. The van der Waals surface area contributed by atoms with Crippen molar-refractivity contribution in [2.75, 3.05) is 33.8 Å². The summed E-state index contributed by atoms with van der Waals surface area (Å²) in [7, 11) is -7.79. The molecule has 0 aromatic heterocycles. The second-order valence-corrected chi connectivity index (χ2v) is 12.5. The van der Waals surface area contributed by atoms with Crippen LogP contribution in [-0.4, -0.2) is 48.3 Å². The third-order valence-corrected chi connectivity index (χ3v) is 8.85. The second-order valence-electron chi connectivity index (χ2n) is 8.59. The molecule has 2 N–H and O–H groups in total. The quantitative estimate of drug-likeness (QED) is 0.412. The number of nitrogens with zero attached hydrogens (tertiary/aromatic N) is 1. The average Bonchev–Trinajstić information content (AvgIpc) is 2.86. The van der Waals surface area contributed by atoms with Crippen molar-refractivity contribution in [1.29, 1.82) is 0 Å². The molecule has 202 valence electrons. The van der Waals surface area contributed by atoms with Gasteiger partial charge in [-0.3, -0.25) is 13.8 Å². The van der Waals surface area contributed by atoms with Crippen LogP contribution >= 0.6 is 11.6 Å². The highest BCUT2D eigenvalue weighted by molar-refractivity contribution is 7.92. The van der Waals surface area contributed by atoms with Gasteiger partial charge in [0.25, 0.3) is 10.0 Å². The van der Waals surface area contributed by atoms with Crippen molar-refractivity contribution in [3.05, 3.63) is 71.2 Å². The molecule has 10 nitrogen and oxygen atoms in total. The molecule has 38 heavy (non-hydrogen) atoms. The number of hydrogen-bond donors (Lipinski definition) is 2. The number of rotatable bonds is 8. The van der Waals surface area contributed by atoms with Gasteiger partial charge in [-0.25, -0.2) is 16.8 Å². The lowest BCUT2D eigenvalue weighted by atomic mass is 10.2. The van der Waals surface area contributed by atoms with E-state index in [0.29, 0.717) is 41.0 Å². The predicted molar refractivity (Wildman–Crippen MR) is 146 cm³/mol. The normalized spacial score (nSPS) is 13.9. The fourth-order valence-corrected chi connectivity index (χ4v) is 6.33. The summed E-state index contributed by atoms with van der Waals surface area (Å²) in [6, 6.07) is 13.9. The number of sulfonamides is 2. The van der Waals surface area contributed by atoms with Crippen LogP contribution in [0.25, 0.3) is 0 Å². The molecule has 0 fully saturated rings. The van der Waals surface area contributed by atoms with Gasteiger partial charge < -0.3 is 14.8 Å². The monoisotopic (exact) mass is 579 g/mol. The molecule has 4 rings (SSSR count). The Labute approximate surface area is 226 Å². The first-order chi connectivity index (χ1) is 17.9. The van der Waals surface area contributed by atoms with Crippen LogP contribution < -0.4 is 23.8 Å². The Kier molecular flexibility index (Phi) is 7.77. The van der Waals surface area contributed by atoms with Gasteiger partial charge in [-0.05, 0) is 67.9 Å². The SMILES string of the molecule is Cc1c(Cl)cccc1NS(=O)(=O)c1ccc(NC(=O)[C@@H](C)N(c2ccc3c(c2)OCCO3)S(C)(=O)=O)cc1. The van der Waals surface area contributed by atoms with Crippen molar-refractivity contribution in [2.24, 2.45) is 0 Å². The number of amides is 1. The molecule has 1 aliphatic rings. The molecular weight excluding hydrogens is 554 g/mol. The van der Waals surface area contributed by atoms with Gasteiger partial charge in [0.1, 0.15) is 19.3 Å². The summed E-state index contributed by atoms with van der Waals surface area (Å²) < 4.78 is 65.5. The van der Waals surface area contributed by atoms with Crippen molar-refractivity contribution < 1.29 is 31.1 Å².